The molecule has 5 nitrogen and oxygen atoms in total. The van der Waals surface area contributed by atoms with E-state index in [1.807, 2.05) is 43.3 Å². The number of carbonyl (C=O) groups is 1. The molecule has 0 aliphatic carbocycles. The number of hydrogen-bond donors (Lipinski definition) is 2. The zero-order valence-electron chi connectivity index (χ0n) is 13.7. The zero-order valence-corrected chi connectivity index (χ0v) is 14.6. The Morgan fingerprint density at radius 2 is 2.04 bits per heavy atom. The molecule has 124 valence electrons. The number of thioether (sulfide) groups is 1. The van der Waals surface area contributed by atoms with Gasteiger partial charge in [0.25, 0.3) is 0 Å². The first kappa shape index (κ1) is 16.5. The van der Waals surface area contributed by atoms with Crippen LogP contribution in [0, 0.1) is 0 Å². The molecule has 0 aliphatic heterocycles. The molecule has 0 saturated heterocycles. The van der Waals surface area contributed by atoms with Gasteiger partial charge in [-0.1, -0.05) is 37.7 Å². The summed E-state index contributed by atoms with van der Waals surface area (Å²) in [5.74, 6) is -0.0137. The first-order chi connectivity index (χ1) is 11.7. The van der Waals surface area contributed by atoms with Crippen LogP contribution in [0.3, 0.4) is 0 Å². The normalized spacial score (nSPS) is 12.2. The lowest BCUT2D eigenvalue weighted by Crippen LogP contribution is -2.24. The molecule has 24 heavy (non-hydrogen) atoms. The van der Waals surface area contributed by atoms with Gasteiger partial charge in [-0.2, -0.15) is 0 Å². The molecule has 0 fully saturated rings. The van der Waals surface area contributed by atoms with Gasteiger partial charge in [0.15, 0.2) is 10.8 Å². The summed E-state index contributed by atoms with van der Waals surface area (Å²) < 4.78 is 0. The Hall–Kier alpha value is -2.34. The molecule has 1 amide bonds. The van der Waals surface area contributed by atoms with E-state index in [2.05, 4.69) is 27.2 Å². The molecule has 1 unspecified atom stereocenters. The van der Waals surface area contributed by atoms with Crippen LogP contribution >= 0.6 is 11.8 Å². The Kier molecular flexibility index (Phi) is 5.15. The van der Waals surface area contributed by atoms with E-state index in [4.69, 9.17) is 0 Å². The maximum atomic E-state index is 12.5. The molecular formula is C18H20N4OS. The number of fused-ring (bicyclic) bond motifs is 1. The third kappa shape index (κ3) is 3.76. The van der Waals surface area contributed by atoms with Crippen molar-refractivity contribution in [3.05, 3.63) is 48.2 Å². The number of hydrogen-bond acceptors (Lipinski definition) is 4. The maximum Gasteiger partial charge on any atom is 0.237 e. The van der Waals surface area contributed by atoms with Gasteiger partial charge in [-0.25, -0.2) is 9.97 Å². The summed E-state index contributed by atoms with van der Waals surface area (Å²) in [7, 11) is 0. The molecule has 3 aromatic rings. The van der Waals surface area contributed by atoms with E-state index in [9.17, 15) is 4.79 Å². The van der Waals surface area contributed by atoms with E-state index >= 15 is 0 Å². The van der Waals surface area contributed by atoms with Gasteiger partial charge in [0.1, 0.15) is 0 Å². The summed E-state index contributed by atoms with van der Waals surface area (Å²) in [6.45, 7) is 4.11. The summed E-state index contributed by atoms with van der Waals surface area (Å²) in [6, 6.07) is 11.7. The van der Waals surface area contributed by atoms with Crippen molar-refractivity contribution in [3.8, 4) is 0 Å². The number of H-pyrrole nitrogens is 1. The number of nitrogens with one attached hydrogen (secondary N) is 2. The summed E-state index contributed by atoms with van der Waals surface area (Å²) in [5.41, 5.74) is 3.63. The van der Waals surface area contributed by atoms with Crippen LogP contribution in [-0.2, 0) is 11.2 Å². The van der Waals surface area contributed by atoms with Gasteiger partial charge in [0, 0.05) is 11.9 Å². The number of anilines is 1. The highest BCUT2D eigenvalue weighted by Crippen LogP contribution is 2.25. The van der Waals surface area contributed by atoms with Gasteiger partial charge in [0.2, 0.25) is 5.91 Å². The highest BCUT2D eigenvalue weighted by Gasteiger charge is 2.20. The van der Waals surface area contributed by atoms with E-state index in [0.29, 0.717) is 17.2 Å². The fraction of sp³-hybridized carbons (Fsp3) is 0.278. The molecule has 2 N–H and O–H groups in total. The Morgan fingerprint density at radius 1 is 1.25 bits per heavy atom. The van der Waals surface area contributed by atoms with Crippen molar-refractivity contribution in [3.63, 3.8) is 0 Å². The Bertz CT molecular complexity index is 795. The number of carbonyl (C=O) groups excluding carboxylic acids is 1. The third-order valence-corrected chi connectivity index (χ3v) is 5.03. The van der Waals surface area contributed by atoms with Gasteiger partial charge < -0.3 is 10.3 Å². The molecular weight excluding hydrogens is 320 g/mol. The zero-order chi connectivity index (χ0) is 16.9. The first-order valence-electron chi connectivity index (χ1n) is 8.06. The summed E-state index contributed by atoms with van der Waals surface area (Å²) >= 11 is 1.43. The van der Waals surface area contributed by atoms with Crippen LogP contribution in [0.25, 0.3) is 11.2 Å². The second-order valence-electron chi connectivity index (χ2n) is 5.47. The van der Waals surface area contributed by atoms with E-state index in [0.717, 1.165) is 17.6 Å². The summed E-state index contributed by atoms with van der Waals surface area (Å²) in [5, 5.41) is 3.48. The van der Waals surface area contributed by atoms with E-state index in [1.54, 1.807) is 6.20 Å². The summed E-state index contributed by atoms with van der Waals surface area (Å²) in [4.78, 5) is 24.4. The average Bonchev–Trinajstić information content (AvgIpc) is 3.02. The SMILES string of the molecule is CCc1ccc(NC(=O)C(CC)Sc2nc3ncccc3[nH]2)cc1. The predicted molar refractivity (Wildman–Crippen MR) is 98.3 cm³/mol. The van der Waals surface area contributed by atoms with E-state index in [1.165, 1.54) is 17.3 Å². The largest absolute Gasteiger partial charge is 0.332 e. The number of rotatable bonds is 6. The molecule has 2 aromatic heterocycles. The van der Waals surface area contributed by atoms with Gasteiger partial charge in [-0.15, -0.1) is 0 Å². The topological polar surface area (TPSA) is 70.7 Å². The minimum atomic E-state index is -0.212. The van der Waals surface area contributed by atoms with Crippen molar-refractivity contribution in [1.82, 2.24) is 15.0 Å². The number of imidazole rings is 1. The molecule has 0 saturated carbocycles. The van der Waals surface area contributed by atoms with Crippen molar-refractivity contribution >= 4 is 34.5 Å². The quantitative estimate of drug-likeness (QED) is 0.665. The smallest absolute Gasteiger partial charge is 0.237 e. The number of pyridine rings is 1. The number of aromatic amines is 1. The number of amides is 1. The fourth-order valence-corrected chi connectivity index (χ4v) is 3.29. The van der Waals surface area contributed by atoms with Crippen molar-refractivity contribution < 1.29 is 4.79 Å². The average molecular weight is 340 g/mol. The van der Waals surface area contributed by atoms with Gasteiger partial charge in [-0.3, -0.25) is 4.79 Å². The second kappa shape index (κ2) is 7.49. The van der Waals surface area contributed by atoms with Gasteiger partial charge in [0.05, 0.1) is 10.8 Å². The molecule has 1 aromatic carbocycles. The van der Waals surface area contributed by atoms with Crippen LogP contribution in [-0.4, -0.2) is 26.1 Å². The van der Waals surface area contributed by atoms with Crippen molar-refractivity contribution in [2.75, 3.05) is 5.32 Å². The van der Waals surface area contributed by atoms with E-state index < -0.39 is 0 Å². The molecule has 0 aliphatic rings. The highest BCUT2D eigenvalue weighted by atomic mass is 32.2. The maximum absolute atomic E-state index is 12.5. The van der Waals surface area contributed by atoms with Crippen LogP contribution in [0.15, 0.2) is 47.8 Å². The monoisotopic (exact) mass is 340 g/mol. The van der Waals surface area contributed by atoms with E-state index in [-0.39, 0.29) is 11.2 Å². The fourth-order valence-electron chi connectivity index (χ4n) is 2.38. The Morgan fingerprint density at radius 3 is 2.71 bits per heavy atom. The number of aromatic nitrogens is 3. The van der Waals surface area contributed by atoms with Gasteiger partial charge in [-0.05, 0) is 42.7 Å². The van der Waals surface area contributed by atoms with Crippen LogP contribution in [0.4, 0.5) is 5.69 Å². The van der Waals surface area contributed by atoms with Crippen molar-refractivity contribution in [2.45, 2.75) is 37.1 Å². The molecule has 1 atom stereocenters. The molecule has 0 bridgehead atoms. The van der Waals surface area contributed by atoms with Crippen LogP contribution in [0.2, 0.25) is 0 Å². The Labute approximate surface area is 145 Å². The highest BCUT2D eigenvalue weighted by molar-refractivity contribution is 8.00. The second-order valence-corrected chi connectivity index (χ2v) is 6.66. The lowest BCUT2D eigenvalue weighted by atomic mass is 10.1. The van der Waals surface area contributed by atoms with Crippen molar-refractivity contribution in [2.24, 2.45) is 0 Å². The molecule has 3 rings (SSSR count). The number of nitrogens with zero attached hydrogens (tertiary/aromatic N) is 2. The Balaban J connectivity index is 1.69. The minimum Gasteiger partial charge on any atom is -0.332 e. The number of benzene rings is 1. The van der Waals surface area contributed by atoms with Crippen LogP contribution in [0.5, 0.6) is 0 Å². The van der Waals surface area contributed by atoms with Crippen molar-refractivity contribution in [1.29, 1.82) is 0 Å². The molecule has 2 heterocycles. The predicted octanol–water partition coefficient (Wildman–Crippen LogP) is 4.03. The molecule has 0 radical (unpaired) electrons. The van der Waals surface area contributed by atoms with Gasteiger partial charge >= 0.3 is 0 Å². The molecule has 0 spiro atoms. The summed E-state index contributed by atoms with van der Waals surface area (Å²) in [6.07, 6.45) is 3.41. The molecule has 6 heteroatoms. The minimum absolute atomic E-state index is 0.0137. The lowest BCUT2D eigenvalue weighted by molar-refractivity contribution is -0.115. The van der Waals surface area contributed by atoms with Crippen LogP contribution < -0.4 is 5.32 Å². The number of aryl methyl sites for hydroxylation is 1. The third-order valence-electron chi connectivity index (χ3n) is 3.78. The standard InChI is InChI=1S/C18H20N4OS/c1-3-12-7-9-13(10-8-12)20-17(23)15(4-2)24-18-21-14-6-5-11-19-16(14)22-18/h5-11,15H,3-4H2,1-2H3,(H,20,23)(H,19,21,22). The van der Waals surface area contributed by atoms with Crippen LogP contribution in [0.1, 0.15) is 25.8 Å². The lowest BCUT2D eigenvalue weighted by Gasteiger charge is -2.13. The first-order valence-corrected chi connectivity index (χ1v) is 8.94.